The number of rotatable bonds is 14. The lowest BCUT2D eigenvalue weighted by Crippen LogP contribution is -2.52. The fraction of sp³-hybridized carbons (Fsp3) is 0.667. The van der Waals surface area contributed by atoms with Crippen molar-refractivity contribution in [1.82, 2.24) is 15.3 Å². The van der Waals surface area contributed by atoms with E-state index in [0.717, 1.165) is 61.2 Å². The van der Waals surface area contributed by atoms with Crippen LogP contribution in [0, 0.1) is 23.7 Å². The van der Waals surface area contributed by atoms with Crippen molar-refractivity contribution < 1.29 is 27.6 Å². The molecule has 1 aliphatic carbocycles. The first-order valence-corrected chi connectivity index (χ1v) is 16.5. The molecule has 0 spiro atoms. The molecular formula is C30H47N3O6S. The van der Waals surface area contributed by atoms with Crippen molar-refractivity contribution in [2.75, 3.05) is 19.4 Å². The summed E-state index contributed by atoms with van der Waals surface area (Å²) in [5.74, 6) is -2.15. The number of hydrazine groups is 1. The number of amides is 2. The first kappa shape index (κ1) is 32.2. The summed E-state index contributed by atoms with van der Waals surface area (Å²) in [4.78, 5) is 32.9. The Labute approximate surface area is 240 Å². The van der Waals surface area contributed by atoms with Gasteiger partial charge in [-0.15, -0.1) is 4.41 Å². The zero-order chi connectivity index (χ0) is 29.0. The van der Waals surface area contributed by atoms with Crippen LogP contribution in [0.3, 0.4) is 0 Å². The summed E-state index contributed by atoms with van der Waals surface area (Å²) in [6, 6.07) is 9.72. The zero-order valence-corrected chi connectivity index (χ0v) is 25.0. The van der Waals surface area contributed by atoms with E-state index < -0.39 is 40.0 Å². The van der Waals surface area contributed by atoms with Gasteiger partial charge in [-0.05, 0) is 55.9 Å². The van der Waals surface area contributed by atoms with Crippen LogP contribution in [0.15, 0.2) is 36.4 Å². The third-order valence-electron chi connectivity index (χ3n) is 7.60. The van der Waals surface area contributed by atoms with Crippen molar-refractivity contribution in [3.8, 4) is 0 Å². The molecule has 1 aromatic rings. The molecule has 10 heteroatoms. The van der Waals surface area contributed by atoms with E-state index >= 15 is 0 Å². The molecule has 1 heterocycles. The van der Waals surface area contributed by atoms with E-state index in [2.05, 4.69) is 10.9 Å². The highest BCUT2D eigenvalue weighted by molar-refractivity contribution is 7.88. The average Bonchev–Trinajstić information content (AvgIpc) is 2.94. The number of carbonyl (C=O) groups is 2. The summed E-state index contributed by atoms with van der Waals surface area (Å²) in [6.45, 7) is 4.78. The van der Waals surface area contributed by atoms with Gasteiger partial charge in [-0.3, -0.25) is 15.0 Å². The van der Waals surface area contributed by atoms with Crippen molar-refractivity contribution in [3.05, 3.63) is 42.0 Å². The second kappa shape index (κ2) is 16.2. The van der Waals surface area contributed by atoms with Crippen molar-refractivity contribution in [3.63, 3.8) is 0 Å². The number of benzene rings is 1. The lowest BCUT2D eigenvalue weighted by molar-refractivity contribution is -0.203. The molecule has 1 saturated carbocycles. The van der Waals surface area contributed by atoms with Crippen LogP contribution in [0.25, 0.3) is 6.08 Å². The number of hydroxylamine groups is 1. The van der Waals surface area contributed by atoms with Crippen LogP contribution in [0.1, 0.15) is 83.6 Å². The molecule has 40 heavy (non-hydrogen) atoms. The van der Waals surface area contributed by atoms with E-state index in [1.807, 2.05) is 56.3 Å². The lowest BCUT2D eigenvalue weighted by atomic mass is 9.82. The maximum absolute atomic E-state index is 13.8. The monoisotopic (exact) mass is 577 g/mol. The summed E-state index contributed by atoms with van der Waals surface area (Å²) in [7, 11) is -3.70. The average molecular weight is 578 g/mol. The Balaban J connectivity index is 1.80. The van der Waals surface area contributed by atoms with Gasteiger partial charge in [0.1, 0.15) is 0 Å². The number of sulfonamides is 1. The topological polar surface area (TPSA) is 114 Å². The number of nitrogens with one attached hydrogen (secondary N) is 2. The summed E-state index contributed by atoms with van der Waals surface area (Å²) in [5, 5.41) is 0. The molecule has 3 atom stereocenters. The normalized spacial score (nSPS) is 20.5. The first-order valence-electron chi connectivity index (χ1n) is 14.7. The number of hydrogen-bond donors (Lipinski definition) is 2. The van der Waals surface area contributed by atoms with Gasteiger partial charge >= 0.3 is 0 Å². The number of hydrogen-bond acceptors (Lipinski definition) is 6. The molecule has 2 N–H and O–H groups in total. The standard InChI is InChI=1S/C30H47N3O6S/c1-23(2)21-27(29(34)31-33(40(3,36)37)22-25-15-8-5-9-16-25)26(18-12-17-24-13-6-4-7-14-24)30(35)32-39-28-19-10-11-20-38-28/h4,6-7,12-14,17,23,25-28H,5,8-11,15-16,18-22H2,1-3H3,(H,31,34)(H,32,35)/t26-,27?,28+/m1/s1. The fourth-order valence-corrected chi connectivity index (χ4v) is 6.15. The molecule has 2 aliphatic rings. The Bertz CT molecular complexity index is 1050. The Kier molecular flexibility index (Phi) is 13.1. The van der Waals surface area contributed by atoms with E-state index in [1.165, 1.54) is 0 Å². The van der Waals surface area contributed by atoms with Crippen LogP contribution in [0.2, 0.25) is 0 Å². The van der Waals surface area contributed by atoms with Gasteiger partial charge in [0.2, 0.25) is 21.8 Å². The molecule has 2 amide bonds. The van der Waals surface area contributed by atoms with Crippen LogP contribution in [0.5, 0.6) is 0 Å². The molecule has 0 bridgehead atoms. The summed E-state index contributed by atoms with van der Waals surface area (Å²) < 4.78 is 32.0. The molecule has 1 aliphatic heterocycles. The van der Waals surface area contributed by atoms with Crippen LogP contribution >= 0.6 is 0 Å². The van der Waals surface area contributed by atoms with Gasteiger partial charge in [0, 0.05) is 19.6 Å². The second-order valence-corrected chi connectivity index (χ2v) is 13.5. The summed E-state index contributed by atoms with van der Waals surface area (Å²) >= 11 is 0. The van der Waals surface area contributed by atoms with E-state index in [9.17, 15) is 18.0 Å². The van der Waals surface area contributed by atoms with Gasteiger partial charge in [-0.1, -0.05) is 75.6 Å². The van der Waals surface area contributed by atoms with Crippen LogP contribution in [-0.4, -0.2) is 50.3 Å². The highest BCUT2D eigenvalue weighted by Crippen LogP contribution is 2.28. The Hall–Kier alpha value is -2.27. The minimum atomic E-state index is -3.70. The molecule has 0 radical (unpaired) electrons. The minimum Gasteiger partial charge on any atom is -0.350 e. The lowest BCUT2D eigenvalue weighted by Gasteiger charge is -2.32. The Morgan fingerprint density at radius 3 is 2.35 bits per heavy atom. The second-order valence-electron chi connectivity index (χ2n) is 11.5. The Morgan fingerprint density at radius 2 is 1.73 bits per heavy atom. The first-order chi connectivity index (χ1) is 19.1. The molecule has 1 aromatic carbocycles. The van der Waals surface area contributed by atoms with Gasteiger partial charge in [-0.2, -0.15) is 0 Å². The third kappa shape index (κ3) is 11.0. The van der Waals surface area contributed by atoms with Gasteiger partial charge in [-0.25, -0.2) is 18.7 Å². The molecule has 1 saturated heterocycles. The molecule has 224 valence electrons. The van der Waals surface area contributed by atoms with Gasteiger partial charge in [0.15, 0.2) is 6.29 Å². The molecule has 1 unspecified atom stereocenters. The smallest absolute Gasteiger partial charge is 0.247 e. The van der Waals surface area contributed by atoms with Gasteiger partial charge in [0.05, 0.1) is 18.1 Å². The number of nitrogens with zero attached hydrogens (tertiary/aromatic N) is 1. The third-order valence-corrected chi connectivity index (χ3v) is 8.64. The highest BCUT2D eigenvalue weighted by atomic mass is 32.2. The van der Waals surface area contributed by atoms with Crippen molar-refractivity contribution in [2.24, 2.45) is 23.7 Å². The van der Waals surface area contributed by atoms with Crippen molar-refractivity contribution in [2.45, 2.75) is 84.3 Å². The SMILES string of the molecule is CC(C)CC(C(=O)NN(CC1CCCCC1)S(C)(=O)=O)[C@@H](CC=Cc1ccccc1)C(=O)NO[C@H]1CCCCO1. The quantitative estimate of drug-likeness (QED) is 0.307. The van der Waals surface area contributed by atoms with E-state index in [1.54, 1.807) is 0 Å². The largest absolute Gasteiger partial charge is 0.350 e. The number of ether oxygens (including phenoxy) is 1. The summed E-state index contributed by atoms with van der Waals surface area (Å²) in [6.07, 6.45) is 12.8. The fourth-order valence-electron chi connectivity index (χ4n) is 5.41. The summed E-state index contributed by atoms with van der Waals surface area (Å²) in [5.41, 5.74) is 6.23. The van der Waals surface area contributed by atoms with Crippen LogP contribution in [-0.2, 0) is 29.2 Å². The molecule has 0 aromatic heterocycles. The maximum Gasteiger partial charge on any atom is 0.247 e. The molecule has 9 nitrogen and oxygen atoms in total. The molecule has 2 fully saturated rings. The van der Waals surface area contributed by atoms with Gasteiger partial charge in [0.25, 0.3) is 0 Å². The highest BCUT2D eigenvalue weighted by Gasteiger charge is 2.36. The number of allylic oxidation sites excluding steroid dienone is 1. The van der Waals surface area contributed by atoms with Gasteiger partial charge < -0.3 is 4.74 Å². The predicted molar refractivity (Wildman–Crippen MR) is 156 cm³/mol. The van der Waals surface area contributed by atoms with E-state index in [0.29, 0.717) is 19.4 Å². The van der Waals surface area contributed by atoms with E-state index in [4.69, 9.17) is 9.57 Å². The maximum atomic E-state index is 13.8. The number of carbonyl (C=O) groups excluding carboxylic acids is 2. The zero-order valence-electron chi connectivity index (χ0n) is 24.2. The minimum absolute atomic E-state index is 0.0942. The van der Waals surface area contributed by atoms with Crippen LogP contribution < -0.4 is 10.9 Å². The van der Waals surface area contributed by atoms with Crippen LogP contribution in [0.4, 0.5) is 0 Å². The predicted octanol–water partition coefficient (Wildman–Crippen LogP) is 4.82. The molecule has 3 rings (SSSR count). The van der Waals surface area contributed by atoms with Crippen molar-refractivity contribution >= 4 is 27.9 Å². The molecular weight excluding hydrogens is 530 g/mol. The van der Waals surface area contributed by atoms with Crippen molar-refractivity contribution in [1.29, 1.82) is 0 Å². The Morgan fingerprint density at radius 1 is 1.02 bits per heavy atom. The van der Waals surface area contributed by atoms with E-state index in [-0.39, 0.29) is 24.8 Å².